The van der Waals surface area contributed by atoms with E-state index in [1.54, 1.807) is 33.9 Å². The van der Waals surface area contributed by atoms with Crippen molar-refractivity contribution in [1.29, 1.82) is 0 Å². The number of amides is 3. The maximum Gasteiger partial charge on any atom is 0.289 e. The van der Waals surface area contributed by atoms with Gasteiger partial charge >= 0.3 is 0 Å². The van der Waals surface area contributed by atoms with Gasteiger partial charge in [0.15, 0.2) is 5.76 Å². The Morgan fingerprint density at radius 1 is 1.07 bits per heavy atom. The van der Waals surface area contributed by atoms with Crippen LogP contribution in [0.25, 0.3) is 0 Å². The Kier molecular flexibility index (Phi) is 4.43. The first-order chi connectivity index (χ1) is 13.0. The lowest BCUT2D eigenvalue weighted by Gasteiger charge is -2.34. The van der Waals surface area contributed by atoms with Crippen molar-refractivity contribution in [2.45, 2.75) is 12.8 Å². The topological polar surface area (TPSA) is 74.1 Å². The Balaban J connectivity index is 1.35. The lowest BCUT2D eigenvalue weighted by Crippen LogP contribution is -2.50. The van der Waals surface area contributed by atoms with E-state index in [1.807, 2.05) is 18.2 Å². The smallest absolute Gasteiger partial charge is 0.289 e. The third-order valence-corrected chi connectivity index (χ3v) is 5.23. The summed E-state index contributed by atoms with van der Waals surface area (Å²) in [4.78, 5) is 41.9. The molecule has 1 aromatic carbocycles. The Labute approximate surface area is 157 Å². The number of carbonyl (C=O) groups excluding carboxylic acids is 3. The number of hydrogen-bond donors (Lipinski definition) is 0. The molecule has 4 rings (SSSR count). The Hall–Kier alpha value is -3.09. The number of hydrogen-bond acceptors (Lipinski definition) is 4. The van der Waals surface area contributed by atoms with Crippen LogP contribution in [0.5, 0.6) is 0 Å². The molecule has 2 aliphatic heterocycles. The van der Waals surface area contributed by atoms with Gasteiger partial charge in [-0.2, -0.15) is 0 Å². The van der Waals surface area contributed by atoms with Gasteiger partial charge < -0.3 is 19.1 Å². The SMILES string of the molecule is CN1C(=O)Cc2cc(CC(=O)N3CCN(C(=O)c4ccco4)CC3)ccc21. The van der Waals surface area contributed by atoms with Crippen LogP contribution in [0.4, 0.5) is 5.69 Å². The van der Waals surface area contributed by atoms with Gasteiger partial charge in [-0.1, -0.05) is 12.1 Å². The molecule has 0 spiro atoms. The van der Waals surface area contributed by atoms with Gasteiger partial charge in [-0.05, 0) is 29.3 Å². The maximum absolute atomic E-state index is 12.6. The zero-order valence-electron chi connectivity index (χ0n) is 15.2. The fourth-order valence-electron chi connectivity index (χ4n) is 3.63. The zero-order valence-corrected chi connectivity index (χ0v) is 15.2. The van der Waals surface area contributed by atoms with Crippen LogP contribution >= 0.6 is 0 Å². The molecule has 0 atom stereocenters. The summed E-state index contributed by atoms with van der Waals surface area (Å²) in [7, 11) is 1.77. The molecule has 0 radical (unpaired) electrons. The number of piperazine rings is 1. The largest absolute Gasteiger partial charge is 0.459 e. The third kappa shape index (κ3) is 3.32. The summed E-state index contributed by atoms with van der Waals surface area (Å²) in [5.41, 5.74) is 2.80. The quantitative estimate of drug-likeness (QED) is 0.820. The van der Waals surface area contributed by atoms with Crippen molar-refractivity contribution >= 4 is 23.4 Å². The van der Waals surface area contributed by atoms with Crippen LogP contribution in [-0.2, 0) is 22.4 Å². The summed E-state index contributed by atoms with van der Waals surface area (Å²) in [6.45, 7) is 2.01. The van der Waals surface area contributed by atoms with E-state index in [4.69, 9.17) is 4.42 Å². The molecule has 7 nitrogen and oxygen atoms in total. The van der Waals surface area contributed by atoms with Crippen LogP contribution in [0.2, 0.25) is 0 Å². The van der Waals surface area contributed by atoms with Crippen LogP contribution < -0.4 is 4.90 Å². The monoisotopic (exact) mass is 367 g/mol. The lowest BCUT2D eigenvalue weighted by atomic mass is 10.1. The normalized spacial score (nSPS) is 16.6. The fourth-order valence-corrected chi connectivity index (χ4v) is 3.63. The van der Waals surface area contributed by atoms with Gasteiger partial charge in [0, 0.05) is 38.9 Å². The van der Waals surface area contributed by atoms with Crippen molar-refractivity contribution in [1.82, 2.24) is 9.80 Å². The van der Waals surface area contributed by atoms with E-state index in [2.05, 4.69) is 0 Å². The van der Waals surface area contributed by atoms with Gasteiger partial charge in [-0.15, -0.1) is 0 Å². The maximum atomic E-state index is 12.6. The van der Waals surface area contributed by atoms with Crippen LogP contribution in [0.1, 0.15) is 21.7 Å². The van der Waals surface area contributed by atoms with E-state index in [-0.39, 0.29) is 17.7 Å². The van der Waals surface area contributed by atoms with Gasteiger partial charge in [0.05, 0.1) is 19.1 Å². The highest BCUT2D eigenvalue weighted by atomic mass is 16.3. The second kappa shape index (κ2) is 6.90. The molecular formula is C20H21N3O4. The lowest BCUT2D eigenvalue weighted by molar-refractivity contribution is -0.131. The van der Waals surface area contributed by atoms with Crippen molar-refractivity contribution in [3.63, 3.8) is 0 Å². The minimum Gasteiger partial charge on any atom is -0.459 e. The van der Waals surface area contributed by atoms with E-state index >= 15 is 0 Å². The van der Waals surface area contributed by atoms with Crippen LogP contribution in [0, 0.1) is 0 Å². The van der Waals surface area contributed by atoms with E-state index in [0.29, 0.717) is 44.8 Å². The molecule has 27 heavy (non-hydrogen) atoms. The molecule has 1 fully saturated rings. The van der Waals surface area contributed by atoms with E-state index in [9.17, 15) is 14.4 Å². The van der Waals surface area contributed by atoms with Crippen molar-refractivity contribution in [3.05, 3.63) is 53.5 Å². The predicted molar refractivity (Wildman–Crippen MR) is 98.5 cm³/mol. The minimum atomic E-state index is -0.139. The minimum absolute atomic E-state index is 0.0396. The van der Waals surface area contributed by atoms with Crippen molar-refractivity contribution < 1.29 is 18.8 Å². The molecule has 0 aliphatic carbocycles. The number of nitrogens with zero attached hydrogens (tertiary/aromatic N) is 3. The van der Waals surface area contributed by atoms with Crippen LogP contribution in [-0.4, -0.2) is 60.7 Å². The number of fused-ring (bicyclic) bond motifs is 1. The summed E-state index contributed by atoms with van der Waals surface area (Å²) in [5.74, 6) is 0.301. The average Bonchev–Trinajstić information content (AvgIpc) is 3.30. The molecule has 3 heterocycles. The Morgan fingerprint density at radius 3 is 2.52 bits per heavy atom. The highest BCUT2D eigenvalue weighted by molar-refractivity contribution is 6.01. The van der Waals surface area contributed by atoms with Crippen LogP contribution in [0.15, 0.2) is 41.0 Å². The van der Waals surface area contributed by atoms with E-state index in [1.165, 1.54) is 6.26 Å². The number of rotatable bonds is 3. The molecule has 1 aromatic heterocycles. The second-order valence-corrected chi connectivity index (χ2v) is 6.92. The molecule has 0 saturated carbocycles. The van der Waals surface area contributed by atoms with Gasteiger partial charge in [0.2, 0.25) is 11.8 Å². The summed E-state index contributed by atoms with van der Waals surface area (Å²) >= 11 is 0. The molecule has 0 unspecified atom stereocenters. The van der Waals surface area contributed by atoms with Gasteiger partial charge in [0.25, 0.3) is 5.91 Å². The summed E-state index contributed by atoms with van der Waals surface area (Å²) < 4.78 is 5.15. The summed E-state index contributed by atoms with van der Waals surface area (Å²) in [6.07, 6.45) is 2.17. The molecule has 140 valence electrons. The van der Waals surface area contributed by atoms with Crippen molar-refractivity contribution in [2.24, 2.45) is 0 Å². The molecule has 0 bridgehead atoms. The zero-order chi connectivity index (χ0) is 19.0. The van der Waals surface area contributed by atoms with Crippen LogP contribution in [0.3, 0.4) is 0 Å². The van der Waals surface area contributed by atoms with E-state index < -0.39 is 0 Å². The van der Waals surface area contributed by atoms with Gasteiger partial charge in [-0.25, -0.2) is 0 Å². The first-order valence-electron chi connectivity index (χ1n) is 9.02. The Bertz CT molecular complexity index is 883. The first-order valence-corrected chi connectivity index (χ1v) is 9.02. The molecule has 2 aliphatic rings. The number of carbonyl (C=O) groups is 3. The molecule has 1 saturated heterocycles. The van der Waals surface area contributed by atoms with Crippen molar-refractivity contribution in [2.75, 3.05) is 38.1 Å². The number of furan rings is 1. The highest BCUT2D eigenvalue weighted by Crippen LogP contribution is 2.28. The Morgan fingerprint density at radius 2 is 1.81 bits per heavy atom. The summed E-state index contributed by atoms with van der Waals surface area (Å²) in [6, 6.07) is 9.10. The molecule has 2 aromatic rings. The average molecular weight is 367 g/mol. The third-order valence-electron chi connectivity index (χ3n) is 5.23. The predicted octanol–water partition coefficient (Wildman–Crippen LogP) is 1.33. The van der Waals surface area contributed by atoms with Gasteiger partial charge in [-0.3, -0.25) is 14.4 Å². The van der Waals surface area contributed by atoms with E-state index in [0.717, 1.165) is 16.8 Å². The molecule has 7 heteroatoms. The van der Waals surface area contributed by atoms with Gasteiger partial charge in [0.1, 0.15) is 0 Å². The standard InChI is InChI=1S/C20H21N3O4/c1-21-16-5-4-14(11-15(16)13-18(21)24)12-19(25)22-6-8-23(9-7-22)20(26)17-3-2-10-27-17/h2-5,10-11H,6-9,12-13H2,1H3. The number of likely N-dealkylation sites (N-methyl/N-ethyl adjacent to an activating group) is 1. The van der Waals surface area contributed by atoms with Crippen molar-refractivity contribution in [3.8, 4) is 0 Å². The molecular weight excluding hydrogens is 346 g/mol. The fraction of sp³-hybridized carbons (Fsp3) is 0.350. The number of anilines is 1. The second-order valence-electron chi connectivity index (χ2n) is 6.92. The molecule has 0 N–H and O–H groups in total. The summed E-state index contributed by atoms with van der Waals surface area (Å²) in [5, 5.41) is 0. The molecule has 3 amide bonds. The first kappa shape index (κ1) is 17.3. The highest BCUT2D eigenvalue weighted by Gasteiger charge is 2.27. The number of benzene rings is 1.